The summed E-state index contributed by atoms with van der Waals surface area (Å²) in [6, 6.07) is 0. The van der Waals surface area contributed by atoms with Gasteiger partial charge in [0.1, 0.15) is 12.2 Å². The first-order valence-corrected chi connectivity index (χ1v) is 9.94. The number of hydrogen-bond acceptors (Lipinski definition) is 6. The molecule has 6 nitrogen and oxygen atoms in total. The molecule has 1 heterocycles. The highest BCUT2D eigenvalue weighted by Crippen LogP contribution is 2.56. The van der Waals surface area contributed by atoms with Crippen LogP contribution >= 0.6 is 11.6 Å². The lowest BCUT2D eigenvalue weighted by Gasteiger charge is -2.39. The first-order chi connectivity index (χ1) is 12.9. The van der Waals surface area contributed by atoms with Crippen molar-refractivity contribution in [3.63, 3.8) is 0 Å². The van der Waals surface area contributed by atoms with E-state index in [1.165, 1.54) is 6.92 Å². The topological polar surface area (TPSA) is 93.1 Å². The molecule has 3 rings (SSSR count). The number of carbonyl (C=O) groups excluding carboxylic acids is 2. The van der Waals surface area contributed by atoms with E-state index < -0.39 is 52.6 Å². The fraction of sp³-hybridized carbons (Fsp3) is 0.619. The van der Waals surface area contributed by atoms with Gasteiger partial charge >= 0.3 is 11.9 Å². The van der Waals surface area contributed by atoms with Gasteiger partial charge in [-0.2, -0.15) is 0 Å². The first kappa shape index (κ1) is 21.1. The third-order valence-corrected chi connectivity index (χ3v) is 6.98. The summed E-state index contributed by atoms with van der Waals surface area (Å²) in [5.41, 5.74) is -1.84. The molecule has 2 fully saturated rings. The Morgan fingerprint density at radius 1 is 1.50 bits per heavy atom. The van der Waals surface area contributed by atoms with Crippen LogP contribution in [0.5, 0.6) is 0 Å². The van der Waals surface area contributed by atoms with Crippen LogP contribution in [0.4, 0.5) is 0 Å². The van der Waals surface area contributed by atoms with Gasteiger partial charge in [-0.05, 0) is 45.3 Å². The highest BCUT2D eigenvalue weighted by Gasteiger charge is 2.67. The number of rotatable bonds is 3. The average Bonchev–Trinajstić information content (AvgIpc) is 2.94. The van der Waals surface area contributed by atoms with Gasteiger partial charge in [-0.15, -0.1) is 11.6 Å². The maximum Gasteiger partial charge on any atom is 0.334 e. The Hall–Kier alpha value is -1.63. The Morgan fingerprint density at radius 2 is 2.14 bits per heavy atom. The molecule has 1 saturated heterocycles. The molecule has 1 aliphatic heterocycles. The molecule has 2 N–H and O–H groups in total. The summed E-state index contributed by atoms with van der Waals surface area (Å²) < 4.78 is 11.2. The summed E-state index contributed by atoms with van der Waals surface area (Å²) in [6.07, 6.45) is 2.40. The van der Waals surface area contributed by atoms with E-state index in [-0.39, 0.29) is 12.0 Å². The van der Waals surface area contributed by atoms with E-state index >= 15 is 0 Å². The molecule has 28 heavy (non-hydrogen) atoms. The Balaban J connectivity index is 2.08. The molecule has 0 bridgehead atoms. The molecule has 0 radical (unpaired) electrons. The van der Waals surface area contributed by atoms with Crippen molar-refractivity contribution >= 4 is 23.5 Å². The molecule has 0 aromatic rings. The summed E-state index contributed by atoms with van der Waals surface area (Å²) in [5, 5.41) is 21.8. The predicted octanol–water partition coefficient (Wildman–Crippen LogP) is 2.42. The van der Waals surface area contributed by atoms with E-state index in [2.05, 4.69) is 6.58 Å². The highest BCUT2D eigenvalue weighted by molar-refractivity contribution is 6.21. The van der Waals surface area contributed by atoms with Crippen molar-refractivity contribution in [2.45, 2.75) is 69.3 Å². The van der Waals surface area contributed by atoms with Crippen molar-refractivity contribution in [3.8, 4) is 0 Å². The summed E-state index contributed by atoms with van der Waals surface area (Å²) in [4.78, 5) is 24.8. The zero-order valence-corrected chi connectivity index (χ0v) is 17.3. The largest absolute Gasteiger partial charge is 0.458 e. The molecule has 1 saturated carbocycles. The smallest absolute Gasteiger partial charge is 0.334 e. The lowest BCUT2D eigenvalue weighted by atomic mass is 9.74. The molecule has 2 aliphatic carbocycles. The van der Waals surface area contributed by atoms with E-state index in [9.17, 15) is 19.8 Å². The van der Waals surface area contributed by atoms with E-state index in [4.69, 9.17) is 21.1 Å². The van der Waals surface area contributed by atoms with Gasteiger partial charge in [-0.3, -0.25) is 0 Å². The van der Waals surface area contributed by atoms with Crippen LogP contribution in [-0.4, -0.2) is 50.9 Å². The number of alkyl halides is 1. The minimum Gasteiger partial charge on any atom is -0.458 e. The van der Waals surface area contributed by atoms with Crippen LogP contribution < -0.4 is 0 Å². The molecule has 0 amide bonds. The second-order valence-corrected chi connectivity index (χ2v) is 8.76. The number of hydrogen-bond donors (Lipinski definition) is 2. The van der Waals surface area contributed by atoms with Crippen molar-refractivity contribution < 1.29 is 29.3 Å². The number of aliphatic hydroxyl groups is 2. The molecule has 3 aliphatic rings. The summed E-state index contributed by atoms with van der Waals surface area (Å²) in [6.45, 7) is 10.6. The fourth-order valence-corrected chi connectivity index (χ4v) is 5.14. The standard InChI is InChI=1S/C21H27ClO6/c1-6-7-10(2)18(23)27-13-8-11(3)21(26)9-14(22)20(5,25)17(21)16-15(13)12(4)19(24)28-16/h7-8,13-17,25-26H,4,6,9H2,1-3,5H3/b10-7-/t13-,14+,15+,16-,17-,20-,21+/m0/s1. The summed E-state index contributed by atoms with van der Waals surface area (Å²) >= 11 is 6.35. The molecular formula is C21H27ClO6. The highest BCUT2D eigenvalue weighted by atomic mass is 35.5. The van der Waals surface area contributed by atoms with Gasteiger partial charge < -0.3 is 19.7 Å². The number of allylic oxidation sites excluding steroid dienone is 1. The van der Waals surface area contributed by atoms with Gasteiger partial charge in [0.05, 0.1) is 28.4 Å². The Labute approximate surface area is 169 Å². The zero-order valence-electron chi connectivity index (χ0n) is 16.6. The minimum absolute atomic E-state index is 0.0945. The third kappa shape index (κ3) is 3.02. The maximum absolute atomic E-state index is 12.5. The molecule has 0 unspecified atom stereocenters. The number of esters is 2. The first-order valence-electron chi connectivity index (χ1n) is 9.50. The van der Waals surface area contributed by atoms with Crippen molar-refractivity contribution in [2.24, 2.45) is 11.8 Å². The third-order valence-electron chi connectivity index (χ3n) is 6.39. The molecule has 154 valence electrons. The molecular weight excluding hydrogens is 384 g/mol. The van der Waals surface area contributed by atoms with Gasteiger partial charge in [0.25, 0.3) is 0 Å². The molecule has 0 aromatic heterocycles. The van der Waals surface area contributed by atoms with Crippen LogP contribution in [0.15, 0.2) is 35.5 Å². The van der Waals surface area contributed by atoms with Gasteiger partial charge in [0.15, 0.2) is 0 Å². The van der Waals surface area contributed by atoms with E-state index in [1.54, 1.807) is 26.0 Å². The van der Waals surface area contributed by atoms with Crippen LogP contribution in [0.3, 0.4) is 0 Å². The van der Waals surface area contributed by atoms with Crippen molar-refractivity contribution in [1.82, 2.24) is 0 Å². The number of ether oxygens (including phenoxy) is 2. The fourth-order valence-electron chi connectivity index (χ4n) is 4.77. The number of fused-ring (bicyclic) bond motifs is 3. The van der Waals surface area contributed by atoms with Crippen LogP contribution in [0, 0.1) is 11.8 Å². The molecule has 0 spiro atoms. The maximum atomic E-state index is 12.5. The zero-order chi connectivity index (χ0) is 21.0. The minimum atomic E-state index is -1.49. The van der Waals surface area contributed by atoms with E-state index in [1.807, 2.05) is 6.92 Å². The van der Waals surface area contributed by atoms with Crippen LogP contribution in [0.25, 0.3) is 0 Å². The summed E-state index contributed by atoms with van der Waals surface area (Å²) in [5.74, 6) is -2.72. The van der Waals surface area contributed by atoms with Gasteiger partial charge in [0.2, 0.25) is 0 Å². The molecule has 0 aromatic carbocycles. The number of halogens is 1. The average molecular weight is 411 g/mol. The van der Waals surface area contributed by atoms with Gasteiger partial charge in [0, 0.05) is 11.1 Å². The van der Waals surface area contributed by atoms with E-state index in [0.717, 1.165) is 0 Å². The SMILES string of the molecule is C=C1C(=O)O[C@H]2[C@H]1[C@@H](OC(=O)/C(C)=C\CC)C=C(C)[C@]1(O)C[C@@H](Cl)[C@](C)(O)[C@H]21. The quantitative estimate of drug-likeness (QED) is 0.321. The van der Waals surface area contributed by atoms with Gasteiger partial charge in [-0.1, -0.05) is 19.6 Å². The lowest BCUT2D eigenvalue weighted by Crippen LogP contribution is -2.52. The lowest BCUT2D eigenvalue weighted by molar-refractivity contribution is -0.157. The van der Waals surface area contributed by atoms with Crippen LogP contribution in [0.1, 0.15) is 40.5 Å². The van der Waals surface area contributed by atoms with Crippen molar-refractivity contribution in [3.05, 3.63) is 35.5 Å². The second-order valence-electron chi connectivity index (χ2n) is 8.24. The monoisotopic (exact) mass is 410 g/mol. The Kier molecular flexibility index (Phi) is 5.28. The van der Waals surface area contributed by atoms with Gasteiger partial charge in [-0.25, -0.2) is 9.59 Å². The second kappa shape index (κ2) is 7.01. The van der Waals surface area contributed by atoms with E-state index in [0.29, 0.717) is 17.6 Å². The van der Waals surface area contributed by atoms with Crippen LogP contribution in [-0.2, 0) is 19.1 Å². The molecule has 7 atom stereocenters. The molecule has 7 heteroatoms. The predicted molar refractivity (Wildman–Crippen MR) is 104 cm³/mol. The number of carbonyl (C=O) groups is 2. The Morgan fingerprint density at radius 3 is 2.75 bits per heavy atom. The van der Waals surface area contributed by atoms with Crippen LogP contribution in [0.2, 0.25) is 0 Å². The van der Waals surface area contributed by atoms with Crippen molar-refractivity contribution in [2.75, 3.05) is 0 Å². The van der Waals surface area contributed by atoms with Crippen molar-refractivity contribution in [1.29, 1.82) is 0 Å². The summed E-state index contributed by atoms with van der Waals surface area (Å²) in [7, 11) is 0. The Bertz CT molecular complexity index is 782. The normalized spacial score (nSPS) is 43.0.